The first-order valence-corrected chi connectivity index (χ1v) is 15.6. The van der Waals surface area contributed by atoms with Gasteiger partial charge in [0.2, 0.25) is 5.88 Å². The van der Waals surface area contributed by atoms with Crippen LogP contribution in [0.2, 0.25) is 0 Å². The lowest BCUT2D eigenvalue weighted by atomic mass is 10.2. The highest BCUT2D eigenvalue weighted by Gasteiger charge is 2.32. The number of hydrazine groups is 1. The molecule has 1 aromatic heterocycles. The average Bonchev–Trinajstić information content (AvgIpc) is 3.46. The Labute approximate surface area is 260 Å². The van der Waals surface area contributed by atoms with Crippen molar-refractivity contribution in [3.8, 4) is 5.88 Å². The second-order valence-corrected chi connectivity index (χ2v) is 12.7. The van der Waals surface area contributed by atoms with Gasteiger partial charge in [-0.2, -0.15) is 4.98 Å². The number of hydrogen-bond donors (Lipinski definition) is 2. The van der Waals surface area contributed by atoms with Crippen molar-refractivity contribution < 1.29 is 19.1 Å². The topological polar surface area (TPSA) is 133 Å². The molecule has 0 bridgehead atoms. The summed E-state index contributed by atoms with van der Waals surface area (Å²) in [5, 5.41) is 8.21. The number of benzene rings is 1. The number of likely N-dealkylation sites (tertiary alicyclic amines) is 1. The second-order valence-electron chi connectivity index (χ2n) is 12.7. The normalized spacial score (nSPS) is 20.5. The van der Waals surface area contributed by atoms with Gasteiger partial charge >= 0.3 is 6.09 Å². The lowest BCUT2D eigenvalue weighted by Crippen LogP contribution is -2.58. The average molecular weight is 610 g/mol. The van der Waals surface area contributed by atoms with Gasteiger partial charge in [-0.15, -0.1) is 0 Å². The molecule has 0 aliphatic carbocycles. The first-order valence-electron chi connectivity index (χ1n) is 15.6. The molecule has 2 aromatic rings. The highest BCUT2D eigenvalue weighted by molar-refractivity contribution is 5.96. The molecule has 3 fully saturated rings. The van der Waals surface area contributed by atoms with E-state index >= 15 is 0 Å². The third kappa shape index (κ3) is 7.88. The first kappa shape index (κ1) is 31.7. The Hall–Kier alpha value is -3.68. The maximum absolute atomic E-state index is 12.5. The number of ether oxygens (including phenoxy) is 2. The van der Waals surface area contributed by atoms with Crippen LogP contribution in [-0.4, -0.2) is 126 Å². The predicted octanol–water partition coefficient (Wildman–Crippen LogP) is 2.55. The Bertz CT molecular complexity index is 1300. The van der Waals surface area contributed by atoms with E-state index in [0.717, 1.165) is 63.7 Å². The van der Waals surface area contributed by atoms with E-state index in [4.69, 9.17) is 15.2 Å². The van der Waals surface area contributed by atoms with Gasteiger partial charge in [0.1, 0.15) is 17.4 Å². The van der Waals surface area contributed by atoms with Crippen molar-refractivity contribution >= 4 is 29.2 Å². The molecule has 3 N–H and O–H groups in total. The molecule has 44 heavy (non-hydrogen) atoms. The summed E-state index contributed by atoms with van der Waals surface area (Å²) in [6.45, 7) is 16.7. The van der Waals surface area contributed by atoms with Crippen LogP contribution >= 0.6 is 0 Å². The summed E-state index contributed by atoms with van der Waals surface area (Å²) in [4.78, 5) is 40.5. The van der Waals surface area contributed by atoms with Gasteiger partial charge in [0.15, 0.2) is 11.5 Å². The SMILES string of the molecule is CCc1nc(C(N)=O)c(Nc2ccc(N3CCN(N4CCN(C)CC4)CC3)cc2)nc1O[C@@H]1CCN(C(=O)OC(C)(C)C)C1. The largest absolute Gasteiger partial charge is 0.471 e. The molecule has 5 rings (SSSR count). The molecule has 4 heterocycles. The van der Waals surface area contributed by atoms with Crippen LogP contribution in [0.4, 0.5) is 22.0 Å². The molecule has 13 nitrogen and oxygen atoms in total. The number of aryl methyl sites for hydroxylation is 1. The molecule has 3 aliphatic rings. The van der Waals surface area contributed by atoms with Crippen molar-refractivity contribution in [3.63, 3.8) is 0 Å². The fourth-order valence-electron chi connectivity index (χ4n) is 5.72. The standard InChI is InChI=1S/C31H47N9O4/c1-6-25-29(43-24-11-12-38(21-24)30(42)44-31(2,3)4)35-28(26(34-25)27(32)41)33-22-7-9-23(10-8-22)37-15-19-40(20-16-37)39-17-13-36(5)14-18-39/h7-10,24H,6,11-21H2,1-5H3,(H2,32,41)(H,33,35)/t24-/m1/s1. The Morgan fingerprint density at radius 3 is 2.18 bits per heavy atom. The van der Waals surface area contributed by atoms with Crippen LogP contribution < -0.4 is 20.7 Å². The summed E-state index contributed by atoms with van der Waals surface area (Å²) in [5.41, 5.74) is 7.63. The molecule has 3 saturated heterocycles. The van der Waals surface area contributed by atoms with Crippen molar-refractivity contribution in [3.05, 3.63) is 35.7 Å². The van der Waals surface area contributed by atoms with Gasteiger partial charge in [0.05, 0.1) is 6.54 Å². The molecule has 0 saturated carbocycles. The minimum atomic E-state index is -0.673. The van der Waals surface area contributed by atoms with E-state index in [-0.39, 0.29) is 23.7 Å². The number of primary amides is 1. The van der Waals surface area contributed by atoms with Crippen LogP contribution in [0, 0.1) is 0 Å². The molecule has 0 spiro atoms. The first-order chi connectivity index (χ1) is 21.0. The highest BCUT2D eigenvalue weighted by atomic mass is 16.6. The Balaban J connectivity index is 1.23. The van der Waals surface area contributed by atoms with Crippen molar-refractivity contribution in [2.75, 3.05) is 82.7 Å². The Kier molecular flexibility index (Phi) is 9.76. The molecule has 1 aromatic carbocycles. The molecule has 0 unspecified atom stereocenters. The number of carbonyl (C=O) groups is 2. The lowest BCUT2D eigenvalue weighted by Gasteiger charge is -2.44. The maximum atomic E-state index is 12.5. The minimum absolute atomic E-state index is 0.0557. The van der Waals surface area contributed by atoms with E-state index in [0.29, 0.717) is 37.5 Å². The fraction of sp³-hybridized carbons (Fsp3) is 0.613. The molecule has 2 amide bonds. The molecule has 240 valence electrons. The van der Waals surface area contributed by atoms with Crippen LogP contribution in [0.15, 0.2) is 24.3 Å². The van der Waals surface area contributed by atoms with Crippen molar-refractivity contribution in [1.82, 2.24) is 29.8 Å². The van der Waals surface area contributed by atoms with Gasteiger partial charge in [0, 0.05) is 76.7 Å². The van der Waals surface area contributed by atoms with Gasteiger partial charge in [-0.05, 0) is 58.5 Å². The summed E-state index contributed by atoms with van der Waals surface area (Å²) in [7, 11) is 2.18. The van der Waals surface area contributed by atoms with E-state index < -0.39 is 11.5 Å². The number of anilines is 3. The number of amides is 2. The zero-order valence-electron chi connectivity index (χ0n) is 26.7. The van der Waals surface area contributed by atoms with Gasteiger partial charge < -0.3 is 35.2 Å². The molecular weight excluding hydrogens is 562 g/mol. The highest BCUT2D eigenvalue weighted by Crippen LogP contribution is 2.28. The lowest BCUT2D eigenvalue weighted by molar-refractivity contribution is -0.0564. The molecule has 3 aliphatic heterocycles. The van der Waals surface area contributed by atoms with Crippen LogP contribution in [0.5, 0.6) is 5.88 Å². The fourth-order valence-corrected chi connectivity index (χ4v) is 5.72. The Morgan fingerprint density at radius 1 is 0.955 bits per heavy atom. The van der Waals surface area contributed by atoms with E-state index in [2.05, 4.69) is 54.3 Å². The number of nitrogens with one attached hydrogen (secondary N) is 1. The predicted molar refractivity (Wildman–Crippen MR) is 169 cm³/mol. The van der Waals surface area contributed by atoms with Crippen LogP contribution in [0.1, 0.15) is 50.3 Å². The second kappa shape index (κ2) is 13.5. The number of rotatable bonds is 8. The van der Waals surface area contributed by atoms with Gasteiger partial charge in [-0.3, -0.25) is 4.79 Å². The number of carbonyl (C=O) groups excluding carboxylic acids is 2. The molecule has 0 radical (unpaired) electrons. The summed E-state index contributed by atoms with van der Waals surface area (Å²) in [5.74, 6) is -0.112. The smallest absolute Gasteiger partial charge is 0.410 e. The molecule has 1 atom stereocenters. The van der Waals surface area contributed by atoms with Gasteiger partial charge in [-0.25, -0.2) is 19.8 Å². The van der Waals surface area contributed by atoms with Crippen molar-refractivity contribution in [2.45, 2.75) is 52.2 Å². The maximum Gasteiger partial charge on any atom is 0.410 e. The van der Waals surface area contributed by atoms with Crippen LogP contribution in [-0.2, 0) is 11.2 Å². The van der Waals surface area contributed by atoms with Gasteiger partial charge in [0.25, 0.3) is 5.91 Å². The third-order valence-corrected chi connectivity index (χ3v) is 8.21. The molecule has 13 heteroatoms. The van der Waals surface area contributed by atoms with E-state index in [1.807, 2.05) is 39.8 Å². The molecular formula is C31H47N9O4. The number of piperazine rings is 2. The van der Waals surface area contributed by atoms with Crippen molar-refractivity contribution in [2.24, 2.45) is 5.73 Å². The number of nitrogens with zero attached hydrogens (tertiary/aromatic N) is 7. The van der Waals surface area contributed by atoms with Gasteiger partial charge in [-0.1, -0.05) is 6.92 Å². The van der Waals surface area contributed by atoms with Crippen molar-refractivity contribution in [1.29, 1.82) is 0 Å². The Morgan fingerprint density at radius 2 is 1.59 bits per heavy atom. The quantitative estimate of drug-likeness (QED) is 0.458. The number of nitrogens with two attached hydrogens (primary N) is 1. The van der Waals surface area contributed by atoms with E-state index in [1.54, 1.807) is 4.90 Å². The number of aromatic nitrogens is 2. The third-order valence-electron chi connectivity index (χ3n) is 8.21. The monoisotopic (exact) mass is 609 g/mol. The summed E-state index contributed by atoms with van der Waals surface area (Å²) < 4.78 is 11.8. The van der Waals surface area contributed by atoms with E-state index in [9.17, 15) is 9.59 Å². The van der Waals surface area contributed by atoms with Crippen LogP contribution in [0.25, 0.3) is 0 Å². The summed E-state index contributed by atoms with van der Waals surface area (Å²) in [6.07, 6.45) is 0.500. The summed E-state index contributed by atoms with van der Waals surface area (Å²) >= 11 is 0. The number of likely N-dealkylation sites (N-methyl/N-ethyl adjacent to an activating group) is 1. The van der Waals surface area contributed by atoms with Crippen LogP contribution in [0.3, 0.4) is 0 Å². The number of hydrogen-bond acceptors (Lipinski definition) is 11. The zero-order chi connectivity index (χ0) is 31.4. The summed E-state index contributed by atoms with van der Waals surface area (Å²) in [6, 6.07) is 8.09. The minimum Gasteiger partial charge on any atom is -0.471 e. The van der Waals surface area contributed by atoms with E-state index in [1.165, 1.54) is 0 Å². The zero-order valence-corrected chi connectivity index (χ0v) is 26.7.